The maximum absolute atomic E-state index is 2.52. The Morgan fingerprint density at radius 1 is 0.947 bits per heavy atom. The van der Waals surface area contributed by atoms with Gasteiger partial charge < -0.3 is 0 Å². The first kappa shape index (κ1) is 13.0. The molecule has 0 heteroatoms. The van der Waals surface area contributed by atoms with E-state index < -0.39 is 0 Å². The van der Waals surface area contributed by atoms with E-state index in [9.17, 15) is 0 Å². The molecule has 0 N–H and O–H groups in total. The fourth-order valence-corrected chi connectivity index (χ4v) is 3.76. The molecule has 0 radical (unpaired) electrons. The Bertz CT molecular complexity index is 570. The molecule has 19 heavy (non-hydrogen) atoms. The number of fused-ring (bicyclic) bond motifs is 2. The van der Waals surface area contributed by atoms with Gasteiger partial charge in [0.15, 0.2) is 0 Å². The van der Waals surface area contributed by atoms with Crippen molar-refractivity contribution < 1.29 is 0 Å². The van der Waals surface area contributed by atoms with Gasteiger partial charge >= 0.3 is 0 Å². The van der Waals surface area contributed by atoms with Crippen LogP contribution in [-0.2, 0) is 10.8 Å². The molecule has 0 aromatic heterocycles. The highest BCUT2D eigenvalue weighted by Gasteiger charge is 2.38. The number of hydrogen-bond donors (Lipinski definition) is 0. The highest BCUT2D eigenvalue weighted by atomic mass is 14.4. The molecule has 0 heterocycles. The lowest BCUT2D eigenvalue weighted by Crippen LogP contribution is -2.34. The van der Waals surface area contributed by atoms with Crippen molar-refractivity contribution in [3.05, 3.63) is 40.0 Å². The van der Waals surface area contributed by atoms with Gasteiger partial charge in [-0.2, -0.15) is 0 Å². The van der Waals surface area contributed by atoms with Crippen molar-refractivity contribution in [1.82, 2.24) is 0 Å². The third kappa shape index (κ3) is 1.80. The zero-order valence-electron chi connectivity index (χ0n) is 13.2. The molecule has 0 saturated carbocycles. The summed E-state index contributed by atoms with van der Waals surface area (Å²) in [5.41, 5.74) is 8.35. The normalized spacial score (nSPS) is 26.6. The predicted octanol–water partition coefficient (Wildman–Crippen LogP) is 5.56. The van der Waals surface area contributed by atoms with Gasteiger partial charge in [0.25, 0.3) is 0 Å². The van der Waals surface area contributed by atoms with E-state index >= 15 is 0 Å². The molecular formula is C19H26. The van der Waals surface area contributed by atoms with Gasteiger partial charge in [-0.1, -0.05) is 58.4 Å². The molecule has 1 atom stereocenters. The lowest BCUT2D eigenvalue weighted by Gasteiger charge is -2.42. The summed E-state index contributed by atoms with van der Waals surface area (Å²) in [5.74, 6) is 0.598. The molecule has 0 nitrogen and oxygen atoms in total. The summed E-state index contributed by atoms with van der Waals surface area (Å²) in [7, 11) is 0. The van der Waals surface area contributed by atoms with E-state index in [4.69, 9.17) is 0 Å². The third-order valence-electron chi connectivity index (χ3n) is 5.59. The van der Waals surface area contributed by atoms with Crippen molar-refractivity contribution >= 4 is 6.08 Å². The summed E-state index contributed by atoms with van der Waals surface area (Å²) in [6, 6.07) is 5.00. The molecule has 1 aromatic rings. The zero-order valence-corrected chi connectivity index (χ0v) is 13.2. The van der Waals surface area contributed by atoms with Crippen LogP contribution in [0.5, 0.6) is 0 Å². The number of rotatable bonds is 0. The first-order chi connectivity index (χ1) is 8.72. The summed E-state index contributed by atoms with van der Waals surface area (Å²) >= 11 is 0. The van der Waals surface area contributed by atoms with E-state index in [1.165, 1.54) is 24.0 Å². The van der Waals surface area contributed by atoms with Gasteiger partial charge in [-0.3, -0.25) is 0 Å². The van der Waals surface area contributed by atoms with Gasteiger partial charge in [-0.25, -0.2) is 0 Å². The predicted molar refractivity (Wildman–Crippen MR) is 83.8 cm³/mol. The minimum Gasteiger partial charge on any atom is -0.0655 e. The summed E-state index contributed by atoms with van der Waals surface area (Å²) in [6.45, 7) is 14.2. The fourth-order valence-electron chi connectivity index (χ4n) is 3.76. The van der Waals surface area contributed by atoms with Crippen LogP contribution in [0.2, 0.25) is 0 Å². The monoisotopic (exact) mass is 254 g/mol. The number of allylic oxidation sites excluding steroid dienone is 1. The van der Waals surface area contributed by atoms with Crippen LogP contribution in [0.1, 0.15) is 82.6 Å². The highest BCUT2D eigenvalue weighted by molar-refractivity contribution is 5.68. The minimum absolute atomic E-state index is 0.327. The second-order valence-corrected chi connectivity index (χ2v) is 7.90. The Hall–Kier alpha value is -1.04. The second-order valence-electron chi connectivity index (χ2n) is 7.90. The van der Waals surface area contributed by atoms with Crippen molar-refractivity contribution in [2.45, 2.75) is 71.1 Å². The molecule has 2 aliphatic carbocycles. The Kier molecular flexibility index (Phi) is 2.56. The Balaban J connectivity index is 2.26. The molecule has 1 aromatic carbocycles. The number of hydrogen-bond acceptors (Lipinski definition) is 0. The van der Waals surface area contributed by atoms with Crippen molar-refractivity contribution in [3.63, 3.8) is 0 Å². The molecule has 102 valence electrons. The van der Waals surface area contributed by atoms with Crippen molar-refractivity contribution in [2.75, 3.05) is 0 Å². The van der Waals surface area contributed by atoms with E-state index in [-0.39, 0.29) is 0 Å². The maximum atomic E-state index is 2.52. The van der Waals surface area contributed by atoms with Crippen LogP contribution in [0.25, 0.3) is 6.08 Å². The zero-order chi connectivity index (χ0) is 14.0. The summed E-state index contributed by atoms with van der Waals surface area (Å²) in [4.78, 5) is 0. The molecule has 0 saturated heterocycles. The lowest BCUT2D eigenvalue weighted by molar-refractivity contribution is 0.331. The van der Waals surface area contributed by atoms with Crippen LogP contribution >= 0.6 is 0 Å². The van der Waals surface area contributed by atoms with Crippen LogP contribution in [0.15, 0.2) is 17.7 Å². The molecular weight excluding hydrogens is 228 g/mol. The van der Waals surface area contributed by atoms with Crippen LogP contribution < -0.4 is 0 Å². The smallest absolute Gasteiger partial charge is 0.00264 e. The second kappa shape index (κ2) is 3.75. The van der Waals surface area contributed by atoms with Crippen LogP contribution in [0.3, 0.4) is 0 Å². The standard InChI is InChI=1S/C19H26/c1-12-9-14-10-16-17(11-15(14)13(12)2)19(5,6)8-7-18(16,3)4/h9-11,13H,7-8H2,1-6H3. The quantitative estimate of drug-likeness (QED) is 0.569. The van der Waals surface area contributed by atoms with E-state index in [2.05, 4.69) is 59.8 Å². The van der Waals surface area contributed by atoms with Gasteiger partial charge in [0.05, 0.1) is 0 Å². The SMILES string of the molecule is CC1=Cc2cc3c(cc2C1C)C(C)(C)CCC3(C)C. The molecule has 0 spiro atoms. The molecule has 2 aliphatic rings. The summed E-state index contributed by atoms with van der Waals surface area (Å²) in [5, 5.41) is 0. The first-order valence-corrected chi connectivity index (χ1v) is 7.59. The molecule has 0 amide bonds. The fraction of sp³-hybridized carbons (Fsp3) is 0.579. The van der Waals surface area contributed by atoms with Crippen molar-refractivity contribution in [2.24, 2.45) is 0 Å². The van der Waals surface area contributed by atoms with Crippen molar-refractivity contribution in [3.8, 4) is 0 Å². The maximum Gasteiger partial charge on any atom is 0.00264 e. The van der Waals surface area contributed by atoms with E-state index in [1.807, 2.05) is 0 Å². The molecule has 1 unspecified atom stereocenters. The van der Waals surface area contributed by atoms with Crippen LogP contribution in [0, 0.1) is 0 Å². The van der Waals surface area contributed by atoms with Gasteiger partial charge in [0.2, 0.25) is 0 Å². The topological polar surface area (TPSA) is 0 Å². The Labute approximate surface area is 117 Å². The average molecular weight is 254 g/mol. The lowest BCUT2D eigenvalue weighted by atomic mass is 9.62. The van der Waals surface area contributed by atoms with Gasteiger partial charge in [-0.15, -0.1) is 0 Å². The molecule has 0 aliphatic heterocycles. The Morgan fingerprint density at radius 2 is 1.47 bits per heavy atom. The van der Waals surface area contributed by atoms with E-state index in [1.54, 1.807) is 16.7 Å². The summed E-state index contributed by atoms with van der Waals surface area (Å²) in [6.07, 6.45) is 4.98. The van der Waals surface area contributed by atoms with Crippen LogP contribution in [0.4, 0.5) is 0 Å². The molecule has 3 rings (SSSR count). The Morgan fingerprint density at radius 3 is 2.05 bits per heavy atom. The van der Waals surface area contributed by atoms with Gasteiger partial charge in [0, 0.05) is 5.92 Å². The van der Waals surface area contributed by atoms with E-state index in [0.717, 1.165) is 0 Å². The van der Waals surface area contributed by atoms with Gasteiger partial charge in [-0.05, 0) is 52.8 Å². The van der Waals surface area contributed by atoms with E-state index in [0.29, 0.717) is 16.7 Å². The first-order valence-electron chi connectivity index (χ1n) is 7.59. The molecule has 0 bridgehead atoms. The minimum atomic E-state index is 0.327. The molecule has 0 fully saturated rings. The van der Waals surface area contributed by atoms with Crippen LogP contribution in [-0.4, -0.2) is 0 Å². The third-order valence-corrected chi connectivity index (χ3v) is 5.59. The van der Waals surface area contributed by atoms with Crippen molar-refractivity contribution in [1.29, 1.82) is 0 Å². The van der Waals surface area contributed by atoms with Gasteiger partial charge in [0.1, 0.15) is 0 Å². The average Bonchev–Trinajstić information content (AvgIpc) is 2.60. The summed E-state index contributed by atoms with van der Waals surface area (Å²) < 4.78 is 0. The number of benzene rings is 1. The highest BCUT2D eigenvalue weighted by Crippen LogP contribution is 2.49. The largest absolute Gasteiger partial charge is 0.0655 e.